The van der Waals surface area contributed by atoms with Crippen LogP contribution in [-0.2, 0) is 5.60 Å². The van der Waals surface area contributed by atoms with Gasteiger partial charge in [0.05, 0.1) is 12.2 Å². The molecule has 0 spiro atoms. The molecule has 0 bridgehead atoms. The van der Waals surface area contributed by atoms with Gasteiger partial charge in [0, 0.05) is 0 Å². The van der Waals surface area contributed by atoms with E-state index < -0.39 is 5.60 Å². The van der Waals surface area contributed by atoms with E-state index in [0.717, 1.165) is 11.3 Å². The zero-order chi connectivity index (χ0) is 11.5. The standard InChI is InChI=1S/C13H20O2/c1-5-15-12-8-6-7-11(9-12)13(4,14)10(2)3/h6-10,14H,5H2,1-4H3/t13-/m0/s1. The SMILES string of the molecule is CCOc1cccc([C@@](C)(O)C(C)C)c1. The van der Waals surface area contributed by atoms with Gasteiger partial charge in [-0.15, -0.1) is 0 Å². The summed E-state index contributed by atoms with van der Waals surface area (Å²) in [6, 6.07) is 7.66. The van der Waals surface area contributed by atoms with Crippen LogP contribution in [0.15, 0.2) is 24.3 Å². The maximum absolute atomic E-state index is 10.3. The fourth-order valence-electron chi connectivity index (χ4n) is 1.40. The first-order chi connectivity index (χ1) is 6.98. The van der Waals surface area contributed by atoms with Crippen molar-refractivity contribution < 1.29 is 9.84 Å². The molecule has 0 heterocycles. The highest BCUT2D eigenvalue weighted by molar-refractivity contribution is 5.32. The molecular weight excluding hydrogens is 188 g/mol. The second-order valence-electron chi connectivity index (χ2n) is 4.26. The molecule has 0 aromatic heterocycles. The summed E-state index contributed by atoms with van der Waals surface area (Å²) in [5.41, 5.74) is 0.107. The molecule has 0 fully saturated rings. The van der Waals surface area contributed by atoms with Crippen molar-refractivity contribution in [3.63, 3.8) is 0 Å². The van der Waals surface area contributed by atoms with Crippen LogP contribution in [0.2, 0.25) is 0 Å². The Bertz CT molecular complexity index is 316. The van der Waals surface area contributed by atoms with Gasteiger partial charge in [0.25, 0.3) is 0 Å². The minimum absolute atomic E-state index is 0.175. The Morgan fingerprint density at radius 2 is 2.07 bits per heavy atom. The minimum Gasteiger partial charge on any atom is -0.494 e. The highest BCUT2D eigenvalue weighted by Crippen LogP contribution is 2.30. The van der Waals surface area contributed by atoms with E-state index in [0.29, 0.717) is 6.61 Å². The predicted molar refractivity (Wildman–Crippen MR) is 62.0 cm³/mol. The fourth-order valence-corrected chi connectivity index (χ4v) is 1.40. The lowest BCUT2D eigenvalue weighted by Gasteiger charge is -2.28. The molecule has 1 aromatic carbocycles. The van der Waals surface area contributed by atoms with Crippen LogP contribution < -0.4 is 4.74 Å². The van der Waals surface area contributed by atoms with Gasteiger partial charge in [-0.3, -0.25) is 0 Å². The normalized spacial score (nSPS) is 15.1. The van der Waals surface area contributed by atoms with Crippen molar-refractivity contribution in [3.8, 4) is 5.75 Å². The molecule has 0 radical (unpaired) electrons. The molecule has 2 heteroatoms. The smallest absolute Gasteiger partial charge is 0.119 e. The average molecular weight is 208 g/mol. The van der Waals surface area contributed by atoms with Crippen molar-refractivity contribution in [1.82, 2.24) is 0 Å². The van der Waals surface area contributed by atoms with Gasteiger partial charge in [0.1, 0.15) is 5.75 Å². The lowest BCUT2D eigenvalue weighted by Crippen LogP contribution is -2.27. The number of hydrogen-bond donors (Lipinski definition) is 1. The Kier molecular flexibility index (Phi) is 3.75. The quantitative estimate of drug-likeness (QED) is 0.824. The van der Waals surface area contributed by atoms with E-state index >= 15 is 0 Å². The second kappa shape index (κ2) is 4.67. The van der Waals surface area contributed by atoms with Crippen molar-refractivity contribution in [2.24, 2.45) is 5.92 Å². The molecule has 1 atom stereocenters. The first-order valence-electron chi connectivity index (χ1n) is 5.44. The molecule has 1 rings (SSSR count). The second-order valence-corrected chi connectivity index (χ2v) is 4.26. The average Bonchev–Trinajstić information content (AvgIpc) is 2.18. The highest BCUT2D eigenvalue weighted by atomic mass is 16.5. The number of hydrogen-bond acceptors (Lipinski definition) is 2. The maximum Gasteiger partial charge on any atom is 0.119 e. The van der Waals surface area contributed by atoms with Crippen molar-refractivity contribution in [2.75, 3.05) is 6.61 Å². The zero-order valence-corrected chi connectivity index (χ0v) is 9.95. The van der Waals surface area contributed by atoms with E-state index in [9.17, 15) is 5.11 Å². The van der Waals surface area contributed by atoms with E-state index in [1.807, 2.05) is 52.0 Å². The summed E-state index contributed by atoms with van der Waals surface area (Å²) in [4.78, 5) is 0. The summed E-state index contributed by atoms with van der Waals surface area (Å²) in [7, 11) is 0. The van der Waals surface area contributed by atoms with Crippen molar-refractivity contribution >= 4 is 0 Å². The molecule has 1 aromatic rings. The third kappa shape index (κ3) is 2.72. The van der Waals surface area contributed by atoms with E-state index in [1.165, 1.54) is 0 Å². The molecule has 2 nitrogen and oxygen atoms in total. The zero-order valence-electron chi connectivity index (χ0n) is 9.95. The fraction of sp³-hybridized carbons (Fsp3) is 0.538. The summed E-state index contributed by atoms with van der Waals surface area (Å²) >= 11 is 0. The van der Waals surface area contributed by atoms with Crippen LogP contribution >= 0.6 is 0 Å². The molecule has 1 N–H and O–H groups in total. The predicted octanol–water partition coefficient (Wildman–Crippen LogP) is 2.95. The number of aliphatic hydroxyl groups is 1. The Labute approximate surface area is 91.9 Å². The Hall–Kier alpha value is -1.02. The van der Waals surface area contributed by atoms with Crippen molar-refractivity contribution in [2.45, 2.75) is 33.3 Å². The van der Waals surface area contributed by atoms with Crippen molar-refractivity contribution in [3.05, 3.63) is 29.8 Å². The van der Waals surface area contributed by atoms with E-state index in [1.54, 1.807) is 0 Å². The van der Waals surface area contributed by atoms with Crippen molar-refractivity contribution in [1.29, 1.82) is 0 Å². The topological polar surface area (TPSA) is 29.5 Å². The van der Waals surface area contributed by atoms with E-state index in [2.05, 4.69) is 0 Å². The van der Waals surface area contributed by atoms with Gasteiger partial charge < -0.3 is 9.84 Å². The molecule has 0 saturated heterocycles. The Morgan fingerprint density at radius 1 is 1.40 bits per heavy atom. The monoisotopic (exact) mass is 208 g/mol. The van der Waals surface area contributed by atoms with Crippen LogP contribution in [0.25, 0.3) is 0 Å². The molecule has 84 valence electrons. The summed E-state index contributed by atoms with van der Waals surface area (Å²) < 4.78 is 5.41. The van der Waals surface area contributed by atoms with Gasteiger partial charge in [-0.2, -0.15) is 0 Å². The van der Waals surface area contributed by atoms with E-state index in [-0.39, 0.29) is 5.92 Å². The van der Waals surface area contributed by atoms with Gasteiger partial charge in [0.15, 0.2) is 0 Å². The van der Waals surface area contributed by atoms with Crippen LogP contribution in [0, 0.1) is 5.92 Å². The van der Waals surface area contributed by atoms with Crippen LogP contribution in [0.4, 0.5) is 0 Å². The molecule has 0 aliphatic heterocycles. The Morgan fingerprint density at radius 3 is 2.60 bits per heavy atom. The Balaban J connectivity index is 2.99. The summed E-state index contributed by atoms with van der Waals surface area (Å²) in [5.74, 6) is 0.991. The minimum atomic E-state index is -0.799. The van der Waals surface area contributed by atoms with Crippen LogP contribution in [-0.4, -0.2) is 11.7 Å². The lowest BCUT2D eigenvalue weighted by atomic mass is 9.85. The maximum atomic E-state index is 10.3. The third-order valence-corrected chi connectivity index (χ3v) is 2.85. The molecule has 0 aliphatic rings. The molecule has 15 heavy (non-hydrogen) atoms. The van der Waals surface area contributed by atoms with Crippen LogP contribution in [0.3, 0.4) is 0 Å². The third-order valence-electron chi connectivity index (χ3n) is 2.85. The summed E-state index contributed by atoms with van der Waals surface area (Å²) in [6.07, 6.45) is 0. The van der Waals surface area contributed by atoms with Gasteiger partial charge in [-0.05, 0) is 37.5 Å². The summed E-state index contributed by atoms with van der Waals surface area (Å²) in [5, 5.41) is 10.3. The van der Waals surface area contributed by atoms with Crippen LogP contribution in [0.5, 0.6) is 5.75 Å². The lowest BCUT2D eigenvalue weighted by molar-refractivity contribution is 0.00884. The van der Waals surface area contributed by atoms with Crippen LogP contribution in [0.1, 0.15) is 33.3 Å². The molecular formula is C13H20O2. The number of ether oxygens (including phenoxy) is 1. The number of rotatable bonds is 4. The first-order valence-corrected chi connectivity index (χ1v) is 5.44. The van der Waals surface area contributed by atoms with E-state index in [4.69, 9.17) is 4.74 Å². The van der Waals surface area contributed by atoms with Gasteiger partial charge in [0.2, 0.25) is 0 Å². The molecule has 0 amide bonds. The van der Waals surface area contributed by atoms with Gasteiger partial charge >= 0.3 is 0 Å². The molecule has 0 saturated carbocycles. The number of benzene rings is 1. The highest BCUT2D eigenvalue weighted by Gasteiger charge is 2.27. The van der Waals surface area contributed by atoms with Gasteiger partial charge in [-0.1, -0.05) is 26.0 Å². The molecule has 0 aliphatic carbocycles. The largest absolute Gasteiger partial charge is 0.494 e. The molecule has 0 unspecified atom stereocenters. The first kappa shape index (κ1) is 12.1. The van der Waals surface area contributed by atoms with Gasteiger partial charge in [-0.25, -0.2) is 0 Å². The summed E-state index contributed by atoms with van der Waals surface area (Å²) in [6.45, 7) is 8.45.